The van der Waals surface area contributed by atoms with E-state index in [-0.39, 0.29) is 18.8 Å². The molecular formula is C5H7ClN2O3. The maximum atomic E-state index is 10.7. The highest BCUT2D eigenvalue weighted by Gasteiger charge is 2.24. The second-order valence-electron chi connectivity index (χ2n) is 1.88. The van der Waals surface area contributed by atoms with Crippen LogP contribution >= 0.6 is 12.4 Å². The van der Waals surface area contributed by atoms with Gasteiger partial charge in [-0.2, -0.15) is 0 Å². The van der Waals surface area contributed by atoms with Crippen LogP contribution < -0.4 is 5.32 Å². The van der Waals surface area contributed by atoms with Crippen molar-refractivity contribution >= 4 is 29.8 Å². The van der Waals surface area contributed by atoms with Crippen LogP contribution in [0.4, 0.5) is 0 Å². The van der Waals surface area contributed by atoms with Crippen molar-refractivity contribution in [2.75, 3.05) is 6.54 Å². The third-order valence-corrected chi connectivity index (χ3v) is 1.22. The minimum atomic E-state index is -0.598. The topological polar surface area (TPSA) is 78.8 Å². The summed E-state index contributed by atoms with van der Waals surface area (Å²) in [4.78, 5) is 21.3. The monoisotopic (exact) mass is 178 g/mol. The number of ketones is 1. The molecule has 5 nitrogen and oxygen atoms in total. The summed E-state index contributed by atoms with van der Waals surface area (Å²) in [5.74, 6) is -1.01. The molecule has 62 valence electrons. The molecule has 0 unspecified atom stereocenters. The van der Waals surface area contributed by atoms with Crippen molar-refractivity contribution in [3.8, 4) is 0 Å². The third-order valence-electron chi connectivity index (χ3n) is 1.22. The van der Waals surface area contributed by atoms with Crippen LogP contribution in [0.3, 0.4) is 0 Å². The molecule has 1 amide bonds. The highest BCUT2D eigenvalue weighted by atomic mass is 35.5. The molecule has 6 heteroatoms. The number of oxime groups is 1. The van der Waals surface area contributed by atoms with E-state index in [9.17, 15) is 9.59 Å². The molecule has 1 aliphatic rings. The number of Topliss-reactive ketones (excluding diaryl/α,β-unsaturated/α-hetero) is 1. The molecule has 1 saturated heterocycles. The van der Waals surface area contributed by atoms with Crippen LogP contribution in [0.2, 0.25) is 0 Å². The molecule has 0 aromatic carbocycles. The van der Waals surface area contributed by atoms with Gasteiger partial charge in [-0.3, -0.25) is 9.59 Å². The van der Waals surface area contributed by atoms with Gasteiger partial charge in [-0.05, 0) is 0 Å². The standard InChI is InChI=1S/C5H6N2O3.ClH/c8-3-1-2-6-5(9)4(3)7-10;/h10H,1-2H2,(H,6,9);1H. The first-order chi connectivity index (χ1) is 4.75. The van der Waals surface area contributed by atoms with E-state index < -0.39 is 17.4 Å². The van der Waals surface area contributed by atoms with Gasteiger partial charge in [0.2, 0.25) is 5.71 Å². The summed E-state index contributed by atoms with van der Waals surface area (Å²) in [5, 5.41) is 13.1. The Bertz CT molecular complexity index is 196. The second kappa shape index (κ2) is 3.92. The van der Waals surface area contributed by atoms with Gasteiger partial charge < -0.3 is 10.5 Å². The maximum Gasteiger partial charge on any atom is 0.277 e. The largest absolute Gasteiger partial charge is 0.410 e. The van der Waals surface area contributed by atoms with E-state index in [1.807, 2.05) is 0 Å². The lowest BCUT2D eigenvalue weighted by Gasteiger charge is -2.09. The summed E-state index contributed by atoms with van der Waals surface area (Å²) in [6.07, 6.45) is 0.213. The van der Waals surface area contributed by atoms with Gasteiger partial charge in [-0.1, -0.05) is 5.16 Å². The van der Waals surface area contributed by atoms with E-state index in [1.165, 1.54) is 0 Å². The van der Waals surface area contributed by atoms with Crippen LogP contribution in [0.15, 0.2) is 5.16 Å². The molecule has 1 aliphatic heterocycles. The first-order valence-electron chi connectivity index (χ1n) is 2.79. The zero-order chi connectivity index (χ0) is 7.56. The normalized spacial score (nSPS) is 20.9. The maximum absolute atomic E-state index is 10.7. The fraction of sp³-hybridized carbons (Fsp3) is 0.400. The molecule has 1 heterocycles. The summed E-state index contributed by atoms with van der Waals surface area (Å²) in [6.45, 7) is 0.330. The number of piperidine rings is 1. The Hall–Kier alpha value is -1.10. The number of rotatable bonds is 0. The van der Waals surface area contributed by atoms with Crippen molar-refractivity contribution in [1.82, 2.24) is 5.32 Å². The van der Waals surface area contributed by atoms with Crippen molar-refractivity contribution < 1.29 is 14.8 Å². The molecular weight excluding hydrogens is 172 g/mol. The molecule has 0 bridgehead atoms. The molecule has 1 rings (SSSR count). The van der Waals surface area contributed by atoms with Gasteiger partial charge in [0, 0.05) is 13.0 Å². The van der Waals surface area contributed by atoms with Crippen molar-refractivity contribution in [1.29, 1.82) is 0 Å². The lowest BCUT2D eigenvalue weighted by molar-refractivity contribution is -0.120. The van der Waals surface area contributed by atoms with E-state index in [1.54, 1.807) is 0 Å². The lowest BCUT2D eigenvalue weighted by atomic mass is 10.1. The third kappa shape index (κ3) is 1.91. The van der Waals surface area contributed by atoms with Gasteiger partial charge in [-0.15, -0.1) is 12.4 Å². The van der Waals surface area contributed by atoms with Crippen LogP contribution in [0.1, 0.15) is 6.42 Å². The smallest absolute Gasteiger partial charge is 0.277 e. The van der Waals surface area contributed by atoms with Crippen LogP contribution in [0.5, 0.6) is 0 Å². The summed E-state index contributed by atoms with van der Waals surface area (Å²) in [5.41, 5.74) is -0.397. The zero-order valence-corrected chi connectivity index (χ0v) is 6.35. The molecule has 0 radical (unpaired) electrons. The van der Waals surface area contributed by atoms with E-state index in [4.69, 9.17) is 5.21 Å². The predicted octanol–water partition coefficient (Wildman–Crippen LogP) is -0.673. The summed E-state index contributed by atoms with van der Waals surface area (Å²) in [7, 11) is 0. The first kappa shape index (κ1) is 9.90. The van der Waals surface area contributed by atoms with Crippen molar-refractivity contribution in [3.05, 3.63) is 0 Å². The number of nitrogens with zero attached hydrogens (tertiary/aromatic N) is 1. The molecule has 0 spiro atoms. The molecule has 0 saturated carbocycles. The van der Waals surface area contributed by atoms with Crippen molar-refractivity contribution in [2.45, 2.75) is 6.42 Å². The van der Waals surface area contributed by atoms with Crippen LogP contribution in [-0.4, -0.2) is 29.2 Å². The highest BCUT2D eigenvalue weighted by molar-refractivity contribution is 6.66. The molecule has 0 atom stereocenters. The Morgan fingerprint density at radius 1 is 1.45 bits per heavy atom. The molecule has 11 heavy (non-hydrogen) atoms. The SMILES string of the molecule is Cl.O=C1CCNC(=O)C1=NO. The number of hydrogen-bond donors (Lipinski definition) is 2. The van der Waals surface area contributed by atoms with Crippen LogP contribution in [0, 0.1) is 0 Å². The average Bonchev–Trinajstić information content (AvgIpc) is 1.88. The molecule has 0 aromatic rings. The van der Waals surface area contributed by atoms with Crippen LogP contribution in [0.25, 0.3) is 0 Å². The Kier molecular flexibility index (Phi) is 3.53. The van der Waals surface area contributed by atoms with Gasteiger partial charge in [-0.25, -0.2) is 0 Å². The zero-order valence-electron chi connectivity index (χ0n) is 5.53. The minimum absolute atomic E-state index is 0. The quantitative estimate of drug-likeness (QED) is 0.381. The summed E-state index contributed by atoms with van der Waals surface area (Å²) in [6, 6.07) is 0. The van der Waals surface area contributed by atoms with Gasteiger partial charge in [0.1, 0.15) is 0 Å². The van der Waals surface area contributed by atoms with E-state index in [0.717, 1.165) is 0 Å². The highest BCUT2D eigenvalue weighted by Crippen LogP contribution is 1.93. The lowest BCUT2D eigenvalue weighted by Crippen LogP contribution is -2.43. The van der Waals surface area contributed by atoms with E-state index in [2.05, 4.69) is 10.5 Å². The first-order valence-corrected chi connectivity index (χ1v) is 2.79. The van der Waals surface area contributed by atoms with E-state index in [0.29, 0.717) is 6.54 Å². The Labute approximate surface area is 68.9 Å². The van der Waals surface area contributed by atoms with Crippen molar-refractivity contribution in [2.24, 2.45) is 5.16 Å². The fourth-order valence-corrected chi connectivity index (χ4v) is 0.719. The number of hydrogen-bond acceptors (Lipinski definition) is 4. The number of carbonyl (C=O) groups excluding carboxylic acids is 2. The number of halogens is 1. The van der Waals surface area contributed by atoms with Gasteiger partial charge in [0.25, 0.3) is 5.91 Å². The van der Waals surface area contributed by atoms with Gasteiger partial charge in [0.15, 0.2) is 5.78 Å². The van der Waals surface area contributed by atoms with Crippen molar-refractivity contribution in [3.63, 3.8) is 0 Å². The number of carbonyl (C=O) groups is 2. The Morgan fingerprint density at radius 2 is 2.09 bits per heavy atom. The van der Waals surface area contributed by atoms with Gasteiger partial charge in [0.05, 0.1) is 0 Å². The summed E-state index contributed by atoms with van der Waals surface area (Å²) >= 11 is 0. The Balaban J connectivity index is 0.000001000. The number of nitrogens with one attached hydrogen (secondary N) is 1. The minimum Gasteiger partial charge on any atom is -0.410 e. The van der Waals surface area contributed by atoms with Crippen LogP contribution in [-0.2, 0) is 9.59 Å². The fourth-order valence-electron chi connectivity index (χ4n) is 0.719. The Morgan fingerprint density at radius 3 is 2.45 bits per heavy atom. The molecule has 1 fully saturated rings. The molecule has 0 aromatic heterocycles. The molecule has 0 aliphatic carbocycles. The summed E-state index contributed by atoms with van der Waals surface area (Å²) < 4.78 is 0. The second-order valence-corrected chi connectivity index (χ2v) is 1.88. The number of amides is 1. The molecule has 2 N–H and O–H groups in total. The predicted molar refractivity (Wildman–Crippen MR) is 39.1 cm³/mol. The van der Waals surface area contributed by atoms with Gasteiger partial charge >= 0.3 is 0 Å². The van der Waals surface area contributed by atoms with E-state index >= 15 is 0 Å². The average molecular weight is 179 g/mol.